The van der Waals surface area contributed by atoms with Gasteiger partial charge in [0.25, 0.3) is 5.91 Å². The highest BCUT2D eigenvalue weighted by molar-refractivity contribution is 7.94. The number of pyridine rings is 1. The Bertz CT molecular complexity index is 1540. The predicted molar refractivity (Wildman–Crippen MR) is 141 cm³/mol. The van der Waals surface area contributed by atoms with Gasteiger partial charge in [-0.3, -0.25) is 9.59 Å². The molecule has 10 nitrogen and oxygen atoms in total. The molecule has 1 aliphatic rings. The molecular weight excluding hydrogens is 559 g/mol. The lowest BCUT2D eigenvalue weighted by Crippen LogP contribution is -2.44. The number of para-hydroxylation sites is 1. The molecule has 0 bridgehead atoms. The number of rotatable bonds is 5. The molecule has 3 aromatic rings. The Labute approximate surface area is 226 Å². The quantitative estimate of drug-likeness (QED) is 0.466. The van der Waals surface area contributed by atoms with Crippen LogP contribution >= 0.6 is 11.6 Å². The maximum atomic E-state index is 12.8. The summed E-state index contributed by atoms with van der Waals surface area (Å²) in [5.41, 5.74) is 9.21. The van der Waals surface area contributed by atoms with Gasteiger partial charge in [0.2, 0.25) is 0 Å². The van der Waals surface area contributed by atoms with Crippen molar-refractivity contribution in [2.75, 3.05) is 29.9 Å². The van der Waals surface area contributed by atoms with Gasteiger partial charge in [0.15, 0.2) is 0 Å². The van der Waals surface area contributed by atoms with Crippen LogP contribution in [0.3, 0.4) is 0 Å². The highest BCUT2D eigenvalue weighted by Gasteiger charge is 2.40. The average Bonchev–Trinajstić information content (AvgIpc) is 3.27. The number of carbonyl (C=O) groups is 2. The van der Waals surface area contributed by atoms with Crippen LogP contribution in [-0.4, -0.2) is 66.5 Å². The standard InChI is InChI=1S/C24H23ClF3N7O3S/c1-14-4-3-5-17(25)21(14)35-13-19(20(32-35)15(2)29)31-16-6-7-18(30-12-16)22(36)34-8-10-39(38,11-9-34)33-23(37)24(26,27)28/h3-7,12-13,31H,2,8-11,29H2,1H3. The first-order chi connectivity index (χ1) is 18.3. The summed E-state index contributed by atoms with van der Waals surface area (Å²) in [6.45, 7) is 5.40. The van der Waals surface area contributed by atoms with Gasteiger partial charge in [0, 0.05) is 24.6 Å². The Hall–Kier alpha value is -3.91. The number of nitrogens with one attached hydrogen (secondary N) is 1. The Balaban J connectivity index is 1.47. The lowest BCUT2D eigenvalue weighted by molar-refractivity contribution is -0.169. The van der Waals surface area contributed by atoms with Gasteiger partial charge in [0.1, 0.15) is 11.4 Å². The second-order valence-electron chi connectivity index (χ2n) is 8.69. The van der Waals surface area contributed by atoms with E-state index in [4.69, 9.17) is 17.3 Å². The van der Waals surface area contributed by atoms with E-state index in [1.807, 2.05) is 19.1 Å². The number of nitrogens with two attached hydrogens (primary N) is 1. The lowest BCUT2D eigenvalue weighted by Gasteiger charge is -2.28. The van der Waals surface area contributed by atoms with Crippen molar-refractivity contribution in [3.8, 4) is 5.69 Å². The fourth-order valence-corrected chi connectivity index (χ4v) is 5.97. The molecule has 1 aliphatic heterocycles. The van der Waals surface area contributed by atoms with Gasteiger partial charge in [-0.05, 0) is 30.7 Å². The van der Waals surface area contributed by atoms with Gasteiger partial charge in [-0.2, -0.15) is 22.6 Å². The van der Waals surface area contributed by atoms with Crippen molar-refractivity contribution in [3.63, 3.8) is 0 Å². The fraction of sp³-hybridized carbons (Fsp3) is 0.250. The summed E-state index contributed by atoms with van der Waals surface area (Å²) >= 11 is 6.37. The summed E-state index contributed by atoms with van der Waals surface area (Å²) in [5.74, 6) is -3.57. The van der Waals surface area contributed by atoms with Crippen molar-refractivity contribution in [1.29, 1.82) is 0 Å². The largest absolute Gasteiger partial charge is 0.474 e. The van der Waals surface area contributed by atoms with Gasteiger partial charge < -0.3 is 16.0 Å². The van der Waals surface area contributed by atoms with E-state index >= 15 is 0 Å². The van der Waals surface area contributed by atoms with Crippen LogP contribution in [-0.2, 0) is 14.5 Å². The molecule has 1 fully saturated rings. The van der Waals surface area contributed by atoms with Crippen LogP contribution in [0.1, 0.15) is 21.7 Å². The van der Waals surface area contributed by atoms with Gasteiger partial charge >= 0.3 is 12.1 Å². The highest BCUT2D eigenvalue weighted by atomic mass is 35.5. The number of benzene rings is 1. The van der Waals surface area contributed by atoms with E-state index in [2.05, 4.69) is 26.3 Å². The average molecular weight is 582 g/mol. The Morgan fingerprint density at radius 1 is 1.21 bits per heavy atom. The molecule has 0 aliphatic carbocycles. The molecule has 206 valence electrons. The van der Waals surface area contributed by atoms with Crippen molar-refractivity contribution in [2.24, 2.45) is 10.1 Å². The molecule has 3 N–H and O–H groups in total. The molecular formula is C24H23ClF3N7O3S. The zero-order chi connectivity index (χ0) is 28.5. The van der Waals surface area contributed by atoms with Crippen LogP contribution < -0.4 is 11.1 Å². The molecule has 2 aromatic heterocycles. The van der Waals surface area contributed by atoms with E-state index < -0.39 is 27.7 Å². The van der Waals surface area contributed by atoms with Crippen LogP contribution in [0, 0.1) is 6.92 Å². The third-order valence-corrected chi connectivity index (χ3v) is 8.28. The van der Waals surface area contributed by atoms with Gasteiger partial charge in [-0.15, -0.1) is 0 Å². The number of anilines is 2. The monoisotopic (exact) mass is 581 g/mol. The number of carbonyl (C=O) groups excluding carboxylic acids is 2. The summed E-state index contributed by atoms with van der Waals surface area (Å²) in [6.07, 6.45) is -2.08. The molecule has 1 aromatic carbocycles. The summed E-state index contributed by atoms with van der Waals surface area (Å²) in [6, 6.07) is 8.53. The van der Waals surface area contributed by atoms with Crippen molar-refractivity contribution in [3.05, 3.63) is 71.3 Å². The minimum atomic E-state index is -5.19. The molecule has 3 heterocycles. The molecule has 0 unspecified atom stereocenters. The van der Waals surface area contributed by atoms with Crippen molar-refractivity contribution < 1.29 is 27.0 Å². The number of hydrogen-bond donors (Lipinski definition) is 2. The molecule has 0 saturated carbocycles. The Kier molecular flexibility index (Phi) is 7.70. The number of halogens is 4. The number of amides is 2. The summed E-state index contributed by atoms with van der Waals surface area (Å²) in [4.78, 5) is 29.4. The molecule has 0 radical (unpaired) electrons. The number of hydrogen-bond acceptors (Lipinski definition) is 7. The normalized spacial score (nSPS) is 15.1. The van der Waals surface area contributed by atoms with Crippen molar-refractivity contribution in [1.82, 2.24) is 19.7 Å². The van der Waals surface area contributed by atoms with Crippen molar-refractivity contribution >= 4 is 50.2 Å². The fourth-order valence-electron chi connectivity index (χ4n) is 3.86. The molecule has 39 heavy (non-hydrogen) atoms. The molecule has 2 amide bonds. The molecule has 1 saturated heterocycles. The summed E-state index contributed by atoms with van der Waals surface area (Å²) < 4.78 is 54.4. The third kappa shape index (κ3) is 6.23. The minimum absolute atomic E-state index is 0.0723. The second kappa shape index (κ2) is 10.7. The van der Waals surface area contributed by atoms with E-state index in [1.165, 1.54) is 17.2 Å². The van der Waals surface area contributed by atoms with Gasteiger partial charge in [0.05, 0.1) is 49.9 Å². The lowest BCUT2D eigenvalue weighted by atomic mass is 10.2. The number of nitrogens with zero attached hydrogens (tertiary/aromatic N) is 5. The SMILES string of the molecule is C=C(N)c1nn(-c2c(C)cccc2Cl)cc1Nc1ccc(C(=O)N2CCS(=O)(=NC(=O)C(F)(F)F)CC2)nc1. The predicted octanol–water partition coefficient (Wildman–Crippen LogP) is 3.91. The first-order valence-corrected chi connectivity index (χ1v) is 13.7. The van der Waals surface area contributed by atoms with E-state index in [0.717, 1.165) is 5.56 Å². The van der Waals surface area contributed by atoms with E-state index in [1.54, 1.807) is 23.0 Å². The summed E-state index contributed by atoms with van der Waals surface area (Å²) in [7, 11) is -3.40. The smallest absolute Gasteiger partial charge is 0.397 e. The van der Waals surface area contributed by atoms with Gasteiger partial charge in [-0.1, -0.05) is 30.3 Å². The van der Waals surface area contributed by atoms with E-state index in [-0.39, 0.29) is 36.0 Å². The summed E-state index contributed by atoms with van der Waals surface area (Å²) in [5, 5.41) is 8.14. The van der Waals surface area contributed by atoms with Gasteiger partial charge in [-0.25, -0.2) is 13.9 Å². The zero-order valence-electron chi connectivity index (χ0n) is 20.5. The van der Waals surface area contributed by atoms with E-state index in [9.17, 15) is 27.0 Å². The maximum Gasteiger partial charge on any atom is 0.474 e. The zero-order valence-corrected chi connectivity index (χ0v) is 22.1. The first-order valence-electron chi connectivity index (χ1n) is 11.4. The number of aryl methyl sites for hydroxylation is 1. The Morgan fingerprint density at radius 3 is 2.46 bits per heavy atom. The van der Waals surface area contributed by atoms with Crippen molar-refractivity contribution in [2.45, 2.75) is 13.1 Å². The first kappa shape index (κ1) is 28.1. The number of alkyl halides is 3. The van der Waals surface area contributed by atoms with Crippen LogP contribution in [0.15, 0.2) is 53.7 Å². The van der Waals surface area contributed by atoms with E-state index in [0.29, 0.717) is 27.8 Å². The molecule has 0 spiro atoms. The van der Waals surface area contributed by atoms with Crippen LogP contribution in [0.2, 0.25) is 5.02 Å². The molecule has 4 rings (SSSR count). The van der Waals surface area contributed by atoms with Crippen LogP contribution in [0.5, 0.6) is 0 Å². The minimum Gasteiger partial charge on any atom is -0.397 e. The topological polar surface area (TPSA) is 136 Å². The molecule has 0 atom stereocenters. The van der Waals surface area contributed by atoms with Crippen LogP contribution in [0.25, 0.3) is 11.4 Å². The highest BCUT2D eigenvalue weighted by Crippen LogP contribution is 2.29. The molecule has 15 heteroatoms. The second-order valence-corrected chi connectivity index (χ2v) is 11.6. The number of aromatic nitrogens is 3. The Morgan fingerprint density at radius 2 is 1.90 bits per heavy atom. The maximum absolute atomic E-state index is 12.8. The van der Waals surface area contributed by atoms with Crippen LogP contribution in [0.4, 0.5) is 24.5 Å². The third-order valence-electron chi connectivity index (χ3n) is 5.84.